The lowest BCUT2D eigenvalue weighted by molar-refractivity contribution is 0.170. The van der Waals surface area contributed by atoms with Crippen LogP contribution in [0, 0.1) is 5.92 Å². The maximum Gasteiger partial charge on any atom is 0.218 e. The molecule has 0 bridgehead atoms. The van der Waals surface area contributed by atoms with Crippen molar-refractivity contribution in [2.45, 2.75) is 25.9 Å². The zero-order chi connectivity index (χ0) is 10.7. The fourth-order valence-corrected chi connectivity index (χ4v) is 1.95. The average molecular weight is 272 g/mol. The molecule has 1 aromatic rings. The smallest absolute Gasteiger partial charge is 0.218 e. The summed E-state index contributed by atoms with van der Waals surface area (Å²) in [6.07, 6.45) is 5.51. The average Bonchev–Trinajstić information content (AvgIpc) is 2.17. The van der Waals surface area contributed by atoms with Crippen LogP contribution in [0.25, 0.3) is 0 Å². The molecular formula is C11H14BrNO2. The number of ether oxygens (including phenoxy) is 1. The summed E-state index contributed by atoms with van der Waals surface area (Å²) in [5.41, 5.74) is 0.740. The van der Waals surface area contributed by atoms with E-state index in [1.807, 2.05) is 6.07 Å². The molecule has 4 heteroatoms. The fraction of sp³-hybridized carbons (Fsp3) is 0.545. The van der Waals surface area contributed by atoms with Crippen LogP contribution in [0.15, 0.2) is 16.7 Å². The van der Waals surface area contributed by atoms with E-state index in [1.165, 1.54) is 19.3 Å². The molecule has 1 heterocycles. The number of halogens is 1. The molecule has 0 amide bonds. The molecule has 0 radical (unpaired) electrons. The van der Waals surface area contributed by atoms with Crippen molar-refractivity contribution in [3.05, 3.63) is 22.3 Å². The van der Waals surface area contributed by atoms with Gasteiger partial charge in [-0.15, -0.1) is 0 Å². The minimum absolute atomic E-state index is 0.0353. The fourth-order valence-electron chi connectivity index (χ4n) is 1.57. The van der Waals surface area contributed by atoms with Crippen molar-refractivity contribution >= 4 is 15.9 Å². The second kappa shape index (κ2) is 4.94. The lowest BCUT2D eigenvalue weighted by atomic mass is 9.86. The van der Waals surface area contributed by atoms with E-state index in [4.69, 9.17) is 9.84 Å². The van der Waals surface area contributed by atoms with Gasteiger partial charge >= 0.3 is 0 Å². The minimum Gasteiger partial charge on any atom is -0.477 e. The first-order valence-electron chi connectivity index (χ1n) is 5.17. The van der Waals surface area contributed by atoms with Crippen LogP contribution in [0.3, 0.4) is 0 Å². The summed E-state index contributed by atoms with van der Waals surface area (Å²) in [6, 6.07) is 1.84. The van der Waals surface area contributed by atoms with Crippen LogP contribution in [0.4, 0.5) is 0 Å². The van der Waals surface area contributed by atoms with Gasteiger partial charge < -0.3 is 9.84 Å². The predicted octanol–water partition coefficient (Wildman–Crippen LogP) is 2.52. The molecule has 0 atom stereocenters. The lowest BCUT2D eigenvalue weighted by Crippen LogP contribution is -2.20. The summed E-state index contributed by atoms with van der Waals surface area (Å²) in [6.45, 7) is 0.689. The van der Waals surface area contributed by atoms with Gasteiger partial charge in [-0.2, -0.15) is 0 Å². The van der Waals surface area contributed by atoms with Crippen molar-refractivity contribution in [2.75, 3.05) is 6.61 Å². The molecule has 0 aromatic carbocycles. The molecule has 1 N–H and O–H groups in total. The third-order valence-electron chi connectivity index (χ3n) is 2.74. The normalized spacial score (nSPS) is 16.1. The summed E-state index contributed by atoms with van der Waals surface area (Å²) >= 11 is 3.31. The van der Waals surface area contributed by atoms with E-state index in [9.17, 15) is 0 Å². The largest absolute Gasteiger partial charge is 0.477 e. The molecule has 0 unspecified atom stereocenters. The number of rotatable bonds is 4. The van der Waals surface area contributed by atoms with E-state index in [0.29, 0.717) is 11.8 Å². The second-order valence-electron chi connectivity index (χ2n) is 3.88. The zero-order valence-corrected chi connectivity index (χ0v) is 10.0. The van der Waals surface area contributed by atoms with Gasteiger partial charge in [0.25, 0.3) is 0 Å². The highest BCUT2D eigenvalue weighted by Gasteiger charge is 2.18. The van der Waals surface area contributed by atoms with Crippen LogP contribution in [0.1, 0.15) is 24.8 Å². The number of nitrogens with zero attached hydrogens (tertiary/aromatic N) is 1. The molecule has 1 aliphatic carbocycles. The monoisotopic (exact) mass is 271 g/mol. The van der Waals surface area contributed by atoms with Crippen molar-refractivity contribution in [3.63, 3.8) is 0 Å². The third kappa shape index (κ3) is 2.69. The van der Waals surface area contributed by atoms with E-state index >= 15 is 0 Å². The van der Waals surface area contributed by atoms with E-state index in [0.717, 1.165) is 16.6 Å². The predicted molar refractivity (Wildman–Crippen MR) is 60.7 cm³/mol. The van der Waals surface area contributed by atoms with Crippen molar-refractivity contribution in [2.24, 2.45) is 5.92 Å². The quantitative estimate of drug-likeness (QED) is 0.915. The Hall–Kier alpha value is -0.610. The molecule has 1 fully saturated rings. The Morgan fingerprint density at radius 2 is 2.33 bits per heavy atom. The first-order chi connectivity index (χ1) is 7.29. The summed E-state index contributed by atoms with van der Waals surface area (Å²) in [7, 11) is 0. The van der Waals surface area contributed by atoms with E-state index in [1.54, 1.807) is 6.20 Å². The Morgan fingerprint density at radius 3 is 2.93 bits per heavy atom. The number of pyridine rings is 1. The van der Waals surface area contributed by atoms with Crippen molar-refractivity contribution in [1.82, 2.24) is 4.98 Å². The van der Waals surface area contributed by atoms with Gasteiger partial charge in [0, 0.05) is 16.2 Å². The maximum absolute atomic E-state index is 9.14. The Balaban J connectivity index is 1.99. The SMILES string of the molecule is OCc1cc(Br)cnc1OCC1CCC1. The molecule has 0 spiro atoms. The molecule has 1 aliphatic rings. The van der Waals surface area contributed by atoms with E-state index in [-0.39, 0.29) is 6.61 Å². The number of hydrogen-bond acceptors (Lipinski definition) is 3. The highest BCUT2D eigenvalue weighted by atomic mass is 79.9. The number of aliphatic hydroxyl groups is 1. The van der Waals surface area contributed by atoms with Gasteiger partial charge in [0.15, 0.2) is 0 Å². The van der Waals surface area contributed by atoms with Crippen LogP contribution in [-0.4, -0.2) is 16.7 Å². The van der Waals surface area contributed by atoms with Crippen LogP contribution in [-0.2, 0) is 6.61 Å². The van der Waals surface area contributed by atoms with Crippen molar-refractivity contribution in [3.8, 4) is 5.88 Å². The van der Waals surface area contributed by atoms with Gasteiger partial charge in [0.1, 0.15) is 0 Å². The standard InChI is InChI=1S/C11H14BrNO2/c12-10-4-9(6-14)11(13-5-10)15-7-8-2-1-3-8/h4-5,8,14H,1-3,6-7H2. The summed E-state index contributed by atoms with van der Waals surface area (Å²) in [4.78, 5) is 4.15. The van der Waals surface area contributed by atoms with Crippen LogP contribution < -0.4 is 4.74 Å². The molecule has 1 saturated carbocycles. The van der Waals surface area contributed by atoms with Crippen LogP contribution in [0.2, 0.25) is 0 Å². The van der Waals surface area contributed by atoms with E-state index < -0.39 is 0 Å². The lowest BCUT2D eigenvalue weighted by Gasteiger charge is -2.25. The van der Waals surface area contributed by atoms with Gasteiger partial charge in [0.2, 0.25) is 5.88 Å². The summed E-state index contributed by atoms with van der Waals surface area (Å²) in [5.74, 6) is 1.24. The molecular weight excluding hydrogens is 258 g/mol. The molecule has 0 aliphatic heterocycles. The number of hydrogen-bond donors (Lipinski definition) is 1. The molecule has 1 aromatic heterocycles. The maximum atomic E-state index is 9.14. The highest BCUT2D eigenvalue weighted by molar-refractivity contribution is 9.10. The van der Waals surface area contributed by atoms with E-state index in [2.05, 4.69) is 20.9 Å². The Labute approximate surface area is 97.6 Å². The summed E-state index contributed by atoms with van der Waals surface area (Å²) < 4.78 is 6.46. The van der Waals surface area contributed by atoms with Gasteiger partial charge in [-0.05, 0) is 40.8 Å². The van der Waals surface area contributed by atoms with Gasteiger partial charge in [-0.25, -0.2) is 4.98 Å². The zero-order valence-electron chi connectivity index (χ0n) is 8.45. The second-order valence-corrected chi connectivity index (χ2v) is 4.80. The van der Waals surface area contributed by atoms with Crippen LogP contribution >= 0.6 is 15.9 Å². The Bertz CT molecular complexity index is 339. The van der Waals surface area contributed by atoms with Crippen LogP contribution in [0.5, 0.6) is 5.88 Å². The molecule has 3 nitrogen and oxygen atoms in total. The molecule has 2 rings (SSSR count). The first-order valence-corrected chi connectivity index (χ1v) is 5.97. The first kappa shape index (κ1) is 10.9. The Kier molecular flexibility index (Phi) is 3.59. The van der Waals surface area contributed by atoms with Gasteiger partial charge in [0.05, 0.1) is 13.2 Å². The molecule has 82 valence electrons. The molecule has 15 heavy (non-hydrogen) atoms. The minimum atomic E-state index is -0.0353. The van der Waals surface area contributed by atoms with Crippen molar-refractivity contribution in [1.29, 1.82) is 0 Å². The summed E-state index contributed by atoms with van der Waals surface area (Å²) in [5, 5.41) is 9.14. The number of aromatic nitrogens is 1. The third-order valence-corrected chi connectivity index (χ3v) is 3.18. The number of aliphatic hydroxyl groups excluding tert-OH is 1. The van der Waals surface area contributed by atoms with Crippen molar-refractivity contribution < 1.29 is 9.84 Å². The molecule has 0 saturated heterocycles. The van der Waals surface area contributed by atoms with Gasteiger partial charge in [-0.1, -0.05) is 6.42 Å². The Morgan fingerprint density at radius 1 is 1.53 bits per heavy atom. The highest BCUT2D eigenvalue weighted by Crippen LogP contribution is 2.28. The topological polar surface area (TPSA) is 42.4 Å². The van der Waals surface area contributed by atoms with Gasteiger partial charge in [-0.3, -0.25) is 0 Å².